The van der Waals surface area contributed by atoms with E-state index in [-0.39, 0.29) is 11.4 Å². The van der Waals surface area contributed by atoms with Crippen molar-refractivity contribution in [1.29, 1.82) is 0 Å². The predicted molar refractivity (Wildman–Crippen MR) is 69.4 cm³/mol. The first-order valence-electron chi connectivity index (χ1n) is 6.55. The van der Waals surface area contributed by atoms with E-state index in [1.807, 2.05) is 20.8 Å². The Kier molecular flexibility index (Phi) is 4.73. The molecule has 5 nitrogen and oxygen atoms in total. The van der Waals surface area contributed by atoms with E-state index in [4.69, 9.17) is 0 Å². The molecule has 1 rings (SSSR count). The molecule has 1 fully saturated rings. The van der Waals surface area contributed by atoms with Crippen LogP contribution in [0.5, 0.6) is 0 Å². The minimum absolute atomic E-state index is 0.0296. The Balaban J connectivity index is 2.41. The summed E-state index contributed by atoms with van der Waals surface area (Å²) < 4.78 is 0. The van der Waals surface area contributed by atoms with Gasteiger partial charge in [-0.15, -0.1) is 0 Å². The third-order valence-corrected chi connectivity index (χ3v) is 3.25. The first kappa shape index (κ1) is 15.0. The molecule has 0 aliphatic heterocycles. The van der Waals surface area contributed by atoms with Crippen molar-refractivity contribution in [3.63, 3.8) is 0 Å². The molecule has 1 saturated carbocycles. The van der Waals surface area contributed by atoms with Crippen LogP contribution in [0.1, 0.15) is 52.9 Å². The Morgan fingerprint density at radius 3 is 2.22 bits per heavy atom. The number of carboxylic acids is 1. The van der Waals surface area contributed by atoms with Gasteiger partial charge in [0, 0.05) is 18.5 Å². The van der Waals surface area contributed by atoms with E-state index >= 15 is 0 Å². The van der Waals surface area contributed by atoms with Gasteiger partial charge in [-0.2, -0.15) is 0 Å². The number of amides is 1. The second-order valence-electron chi connectivity index (χ2n) is 6.07. The molecular formula is C13H24N2O3. The topological polar surface area (TPSA) is 78.4 Å². The molecule has 5 heteroatoms. The van der Waals surface area contributed by atoms with Crippen LogP contribution in [0.4, 0.5) is 0 Å². The molecule has 0 heterocycles. The fraction of sp³-hybridized carbons (Fsp3) is 0.846. The highest BCUT2D eigenvalue weighted by Gasteiger charge is 2.42. The molecule has 0 aromatic carbocycles. The number of hydrogen-bond donors (Lipinski definition) is 3. The highest BCUT2D eigenvalue weighted by Crippen LogP contribution is 2.29. The number of carboxylic acid groups (broad SMARTS) is 1. The van der Waals surface area contributed by atoms with Crippen LogP contribution >= 0.6 is 0 Å². The van der Waals surface area contributed by atoms with E-state index in [9.17, 15) is 14.7 Å². The SMILES string of the molecule is CC(C)(C)NCCC(=O)NC1(C(=O)O)CCCC1. The molecule has 0 aromatic rings. The fourth-order valence-corrected chi connectivity index (χ4v) is 2.25. The highest BCUT2D eigenvalue weighted by atomic mass is 16.4. The van der Waals surface area contributed by atoms with E-state index in [0.717, 1.165) is 12.8 Å². The van der Waals surface area contributed by atoms with Crippen LogP contribution in [0.25, 0.3) is 0 Å². The average Bonchev–Trinajstić information content (AvgIpc) is 2.65. The van der Waals surface area contributed by atoms with Gasteiger partial charge >= 0.3 is 5.97 Å². The van der Waals surface area contributed by atoms with Crippen molar-refractivity contribution in [1.82, 2.24) is 10.6 Å². The summed E-state index contributed by atoms with van der Waals surface area (Å²) in [4.78, 5) is 23.0. The van der Waals surface area contributed by atoms with Crippen LogP contribution in [-0.2, 0) is 9.59 Å². The molecule has 104 valence electrons. The summed E-state index contributed by atoms with van der Waals surface area (Å²) in [6.45, 7) is 6.65. The van der Waals surface area contributed by atoms with Gasteiger partial charge in [0.05, 0.1) is 0 Å². The van der Waals surface area contributed by atoms with Gasteiger partial charge in [-0.25, -0.2) is 4.79 Å². The van der Waals surface area contributed by atoms with Crippen molar-refractivity contribution in [2.45, 2.75) is 64.0 Å². The Morgan fingerprint density at radius 2 is 1.78 bits per heavy atom. The van der Waals surface area contributed by atoms with Crippen LogP contribution in [0.2, 0.25) is 0 Å². The Hall–Kier alpha value is -1.10. The number of carbonyl (C=O) groups excluding carboxylic acids is 1. The van der Waals surface area contributed by atoms with Gasteiger partial charge in [-0.3, -0.25) is 4.79 Å². The summed E-state index contributed by atoms with van der Waals surface area (Å²) in [6, 6.07) is 0. The van der Waals surface area contributed by atoms with Crippen molar-refractivity contribution >= 4 is 11.9 Å². The highest BCUT2D eigenvalue weighted by molar-refractivity contribution is 5.87. The number of aliphatic carboxylic acids is 1. The maximum absolute atomic E-state index is 11.8. The average molecular weight is 256 g/mol. The molecule has 0 atom stereocenters. The molecular weight excluding hydrogens is 232 g/mol. The lowest BCUT2D eigenvalue weighted by Gasteiger charge is -2.26. The number of rotatable bonds is 5. The summed E-state index contributed by atoms with van der Waals surface area (Å²) in [6.07, 6.45) is 3.13. The van der Waals surface area contributed by atoms with Crippen molar-refractivity contribution in [2.75, 3.05) is 6.54 Å². The van der Waals surface area contributed by atoms with Crippen molar-refractivity contribution in [3.05, 3.63) is 0 Å². The number of hydrogen-bond acceptors (Lipinski definition) is 3. The quantitative estimate of drug-likeness (QED) is 0.692. The second kappa shape index (κ2) is 5.69. The Labute approximate surface area is 108 Å². The lowest BCUT2D eigenvalue weighted by Crippen LogP contribution is -2.53. The lowest BCUT2D eigenvalue weighted by molar-refractivity contribution is -0.147. The molecule has 1 aliphatic carbocycles. The number of carbonyl (C=O) groups is 2. The molecule has 1 amide bonds. The zero-order chi connectivity index (χ0) is 13.8. The van der Waals surface area contributed by atoms with Crippen molar-refractivity contribution in [2.24, 2.45) is 0 Å². The Morgan fingerprint density at radius 1 is 1.22 bits per heavy atom. The molecule has 0 spiro atoms. The first-order valence-corrected chi connectivity index (χ1v) is 6.55. The van der Waals surface area contributed by atoms with Gasteiger partial charge in [-0.05, 0) is 33.6 Å². The third kappa shape index (κ3) is 4.29. The standard InChI is InChI=1S/C13H24N2O3/c1-12(2,3)14-9-6-10(16)15-13(11(17)18)7-4-5-8-13/h14H,4-9H2,1-3H3,(H,15,16)(H,17,18). The van der Waals surface area contributed by atoms with Gasteiger partial charge in [-0.1, -0.05) is 12.8 Å². The molecule has 3 N–H and O–H groups in total. The maximum Gasteiger partial charge on any atom is 0.329 e. The van der Waals surface area contributed by atoms with Crippen LogP contribution in [0.15, 0.2) is 0 Å². The van der Waals surface area contributed by atoms with Crippen LogP contribution in [0, 0.1) is 0 Å². The minimum atomic E-state index is -1.02. The fourth-order valence-electron chi connectivity index (χ4n) is 2.25. The van der Waals surface area contributed by atoms with E-state index in [2.05, 4.69) is 10.6 Å². The van der Waals surface area contributed by atoms with Crippen molar-refractivity contribution < 1.29 is 14.7 Å². The normalized spacial score (nSPS) is 18.6. The maximum atomic E-state index is 11.8. The van der Waals surface area contributed by atoms with Crippen molar-refractivity contribution in [3.8, 4) is 0 Å². The molecule has 0 radical (unpaired) electrons. The molecule has 1 aliphatic rings. The Bertz CT molecular complexity index is 315. The lowest BCUT2D eigenvalue weighted by atomic mass is 9.97. The largest absolute Gasteiger partial charge is 0.480 e. The molecule has 18 heavy (non-hydrogen) atoms. The summed E-state index contributed by atoms with van der Waals surface area (Å²) in [5.41, 5.74) is -1.04. The van der Waals surface area contributed by atoms with Gasteiger partial charge in [0.25, 0.3) is 0 Å². The summed E-state index contributed by atoms with van der Waals surface area (Å²) >= 11 is 0. The first-order chi connectivity index (χ1) is 8.25. The second-order valence-corrected chi connectivity index (χ2v) is 6.07. The summed E-state index contributed by atoms with van der Waals surface area (Å²) in [5.74, 6) is -1.09. The van der Waals surface area contributed by atoms with E-state index in [0.29, 0.717) is 25.8 Å². The molecule has 0 unspecified atom stereocenters. The van der Waals surface area contributed by atoms with Gasteiger partial charge in [0.2, 0.25) is 5.91 Å². The van der Waals surface area contributed by atoms with Crippen LogP contribution in [-0.4, -0.2) is 34.6 Å². The molecule has 0 saturated heterocycles. The van der Waals surface area contributed by atoms with Crippen LogP contribution in [0.3, 0.4) is 0 Å². The van der Waals surface area contributed by atoms with Gasteiger partial charge in [0.15, 0.2) is 0 Å². The smallest absolute Gasteiger partial charge is 0.329 e. The van der Waals surface area contributed by atoms with E-state index in [1.165, 1.54) is 0 Å². The third-order valence-electron chi connectivity index (χ3n) is 3.25. The zero-order valence-electron chi connectivity index (χ0n) is 11.5. The van der Waals surface area contributed by atoms with Gasteiger partial charge < -0.3 is 15.7 Å². The predicted octanol–water partition coefficient (Wildman–Crippen LogP) is 1.28. The number of nitrogens with one attached hydrogen (secondary N) is 2. The van der Waals surface area contributed by atoms with E-state index in [1.54, 1.807) is 0 Å². The summed E-state index contributed by atoms with van der Waals surface area (Å²) in [7, 11) is 0. The van der Waals surface area contributed by atoms with Gasteiger partial charge in [0.1, 0.15) is 5.54 Å². The summed E-state index contributed by atoms with van der Waals surface area (Å²) in [5, 5.41) is 15.1. The minimum Gasteiger partial charge on any atom is -0.480 e. The monoisotopic (exact) mass is 256 g/mol. The van der Waals surface area contributed by atoms with E-state index < -0.39 is 11.5 Å². The molecule has 0 aromatic heterocycles. The van der Waals surface area contributed by atoms with Crippen LogP contribution < -0.4 is 10.6 Å². The molecule has 0 bridgehead atoms. The zero-order valence-corrected chi connectivity index (χ0v) is 11.5.